The van der Waals surface area contributed by atoms with Gasteiger partial charge in [-0.1, -0.05) is 97.9 Å². The predicted octanol–water partition coefficient (Wildman–Crippen LogP) is 6.18. The molecule has 3 aromatic carbocycles. The molecule has 0 unspecified atom stereocenters. The highest BCUT2D eigenvalue weighted by Gasteiger charge is 2.57. The van der Waals surface area contributed by atoms with Gasteiger partial charge in [-0.05, 0) is 37.0 Å². The van der Waals surface area contributed by atoms with Crippen LogP contribution in [0, 0.1) is 0 Å². The smallest absolute Gasteiger partial charge is 0.186 e. The Morgan fingerprint density at radius 2 is 1.26 bits per heavy atom. The van der Waals surface area contributed by atoms with Crippen LogP contribution in [0.5, 0.6) is 0 Å². The summed E-state index contributed by atoms with van der Waals surface area (Å²) in [6.07, 6.45) is -1.79. The lowest BCUT2D eigenvalue weighted by Gasteiger charge is -2.48. The van der Waals surface area contributed by atoms with Crippen molar-refractivity contribution < 1.29 is 42.6 Å². The van der Waals surface area contributed by atoms with Gasteiger partial charge in [-0.15, -0.1) is 0 Å². The first-order valence-corrected chi connectivity index (χ1v) is 16.7. The molecule has 3 saturated heterocycles. The molecule has 3 fully saturated rings. The molecule has 0 amide bonds. The Morgan fingerprint density at radius 1 is 0.681 bits per heavy atom. The molecule has 0 bridgehead atoms. The second-order valence-electron chi connectivity index (χ2n) is 12.9. The lowest BCUT2D eigenvalue weighted by Crippen LogP contribution is -2.59. The van der Waals surface area contributed by atoms with Crippen molar-refractivity contribution in [2.75, 3.05) is 20.3 Å². The first kappa shape index (κ1) is 34.2. The Balaban J connectivity index is 1.22. The molecule has 0 N–H and O–H groups in total. The maximum absolute atomic E-state index is 6.90. The molecule has 9 heteroatoms. The van der Waals surface area contributed by atoms with Gasteiger partial charge in [-0.3, -0.25) is 0 Å². The van der Waals surface area contributed by atoms with E-state index in [1.807, 2.05) is 68.4 Å². The highest BCUT2D eigenvalue weighted by Crippen LogP contribution is 2.41. The van der Waals surface area contributed by atoms with Crippen molar-refractivity contribution in [1.29, 1.82) is 0 Å². The van der Waals surface area contributed by atoms with Crippen LogP contribution < -0.4 is 0 Å². The second kappa shape index (κ2) is 15.7. The average Bonchev–Trinajstić information content (AvgIpc) is 3.59. The van der Waals surface area contributed by atoms with E-state index >= 15 is 0 Å². The van der Waals surface area contributed by atoms with Crippen LogP contribution in [-0.2, 0) is 62.5 Å². The number of fused-ring (bicyclic) bond motifs is 1. The van der Waals surface area contributed by atoms with Gasteiger partial charge in [0.25, 0.3) is 0 Å². The van der Waals surface area contributed by atoms with Gasteiger partial charge in [-0.2, -0.15) is 0 Å². The molecule has 3 heterocycles. The van der Waals surface area contributed by atoms with E-state index in [4.69, 9.17) is 42.6 Å². The number of methoxy groups -OCH3 is 1. The third kappa shape index (κ3) is 8.67. The number of hydrogen-bond donors (Lipinski definition) is 0. The predicted molar refractivity (Wildman–Crippen MR) is 174 cm³/mol. The van der Waals surface area contributed by atoms with E-state index in [9.17, 15) is 0 Å². The number of hydrogen-bond acceptors (Lipinski definition) is 9. The van der Waals surface area contributed by atoms with Crippen molar-refractivity contribution in [2.24, 2.45) is 0 Å². The molecule has 0 aromatic heterocycles. The van der Waals surface area contributed by atoms with Crippen LogP contribution in [-0.4, -0.2) is 74.8 Å². The second-order valence-corrected chi connectivity index (χ2v) is 12.9. The van der Waals surface area contributed by atoms with Crippen molar-refractivity contribution in [2.45, 2.75) is 108 Å². The molecule has 3 aromatic rings. The minimum absolute atomic E-state index is 0.229. The zero-order chi connectivity index (χ0) is 32.7. The van der Waals surface area contributed by atoms with E-state index in [2.05, 4.69) is 43.3 Å². The van der Waals surface area contributed by atoms with Gasteiger partial charge in [0.15, 0.2) is 17.9 Å². The molecule has 8 atom stereocenters. The Bertz CT molecular complexity index is 1360. The van der Waals surface area contributed by atoms with Gasteiger partial charge in [-0.25, -0.2) is 0 Å². The van der Waals surface area contributed by atoms with E-state index in [0.717, 1.165) is 16.7 Å². The molecule has 0 saturated carbocycles. The number of rotatable bonds is 15. The summed E-state index contributed by atoms with van der Waals surface area (Å²) in [5.41, 5.74) is 3.24. The normalized spacial score (nSPS) is 31.5. The van der Waals surface area contributed by atoms with Gasteiger partial charge >= 0.3 is 0 Å². The van der Waals surface area contributed by atoms with Crippen molar-refractivity contribution >= 4 is 0 Å². The topological polar surface area (TPSA) is 83.1 Å². The highest BCUT2D eigenvalue weighted by atomic mass is 16.8. The largest absolute Gasteiger partial charge is 0.374 e. The maximum Gasteiger partial charge on any atom is 0.186 e. The molecule has 0 radical (unpaired) electrons. The summed E-state index contributed by atoms with van der Waals surface area (Å²) in [4.78, 5) is 0. The summed E-state index contributed by atoms with van der Waals surface area (Å²) in [6, 6.07) is 30.4. The van der Waals surface area contributed by atoms with Crippen LogP contribution in [0.15, 0.2) is 91.0 Å². The van der Waals surface area contributed by atoms with E-state index < -0.39 is 36.2 Å². The fraction of sp³-hybridized carbons (Fsp3) is 0.526. The van der Waals surface area contributed by atoms with E-state index in [0.29, 0.717) is 39.3 Å². The first-order valence-electron chi connectivity index (χ1n) is 16.7. The van der Waals surface area contributed by atoms with Crippen LogP contribution in [0.1, 0.15) is 50.3 Å². The third-order valence-corrected chi connectivity index (χ3v) is 8.99. The average molecular weight is 649 g/mol. The van der Waals surface area contributed by atoms with Crippen LogP contribution >= 0.6 is 0 Å². The molecular formula is C38H48O9. The number of benzene rings is 3. The van der Waals surface area contributed by atoms with E-state index in [-0.39, 0.29) is 24.9 Å². The monoisotopic (exact) mass is 648 g/mol. The molecular weight excluding hydrogens is 600 g/mol. The molecule has 3 aliphatic heterocycles. The molecule has 47 heavy (non-hydrogen) atoms. The maximum atomic E-state index is 6.90. The highest BCUT2D eigenvalue weighted by molar-refractivity contribution is 5.15. The Morgan fingerprint density at radius 3 is 1.85 bits per heavy atom. The van der Waals surface area contributed by atoms with Crippen LogP contribution in [0.2, 0.25) is 0 Å². The Labute approximate surface area is 278 Å². The lowest BCUT2D eigenvalue weighted by atomic mass is 9.93. The first-order chi connectivity index (χ1) is 22.9. The summed E-state index contributed by atoms with van der Waals surface area (Å²) in [7, 11) is 1.61. The van der Waals surface area contributed by atoms with Gasteiger partial charge in [0, 0.05) is 13.5 Å². The standard InChI is InChI=1S/C38H48O9/c1-5-38(43-26-31-34-35(36(39-4)44-31)47-37(2,3)46-34)21-30(41-23-28-17-11-7-12-18-28)33(42-24-29-19-13-8-14-20-29)32(45-38)25-40-22-27-15-9-6-10-16-27/h6-20,30-36H,5,21-26H2,1-4H3/t30-,31-,32-,33-,34-,35-,36-,38+/m1/s1. The summed E-state index contributed by atoms with van der Waals surface area (Å²) >= 11 is 0. The molecule has 0 aliphatic carbocycles. The lowest BCUT2D eigenvalue weighted by molar-refractivity contribution is -0.343. The van der Waals surface area contributed by atoms with Gasteiger partial charge in [0.1, 0.15) is 30.5 Å². The minimum Gasteiger partial charge on any atom is -0.374 e. The fourth-order valence-corrected chi connectivity index (χ4v) is 6.58. The molecule has 6 rings (SSSR count). The Kier molecular flexibility index (Phi) is 11.4. The van der Waals surface area contributed by atoms with Crippen LogP contribution in [0.3, 0.4) is 0 Å². The summed E-state index contributed by atoms with van der Waals surface area (Å²) in [6.45, 7) is 7.69. The molecule has 3 aliphatic rings. The van der Waals surface area contributed by atoms with Crippen molar-refractivity contribution in [3.05, 3.63) is 108 Å². The van der Waals surface area contributed by atoms with Crippen molar-refractivity contribution in [1.82, 2.24) is 0 Å². The van der Waals surface area contributed by atoms with Crippen LogP contribution in [0.25, 0.3) is 0 Å². The fourth-order valence-electron chi connectivity index (χ4n) is 6.58. The van der Waals surface area contributed by atoms with E-state index in [1.54, 1.807) is 7.11 Å². The SMILES string of the molecule is CC[C@@]1(OC[C@H]2O[C@@H](OC)[C@@H]3OC(C)(C)O[C@@H]32)C[C@@H](OCc2ccccc2)[C@@H](OCc2ccccc2)[C@@H](COCc2ccccc2)O1. The van der Waals surface area contributed by atoms with Gasteiger partial charge < -0.3 is 42.6 Å². The zero-order valence-electron chi connectivity index (χ0n) is 27.8. The summed E-state index contributed by atoms with van der Waals surface area (Å²) in [5.74, 6) is -1.72. The Hall–Kier alpha value is -2.70. The van der Waals surface area contributed by atoms with Gasteiger partial charge in [0.05, 0.1) is 39.1 Å². The van der Waals surface area contributed by atoms with Crippen molar-refractivity contribution in [3.63, 3.8) is 0 Å². The van der Waals surface area contributed by atoms with E-state index in [1.165, 1.54) is 0 Å². The van der Waals surface area contributed by atoms with Crippen LogP contribution in [0.4, 0.5) is 0 Å². The number of ether oxygens (including phenoxy) is 9. The summed E-state index contributed by atoms with van der Waals surface area (Å²) < 4.78 is 57.4. The molecule has 9 nitrogen and oxygen atoms in total. The molecule has 0 spiro atoms. The zero-order valence-corrected chi connectivity index (χ0v) is 27.8. The minimum atomic E-state index is -0.978. The quantitative estimate of drug-likeness (QED) is 0.192. The summed E-state index contributed by atoms with van der Waals surface area (Å²) in [5, 5.41) is 0. The molecule has 254 valence electrons. The van der Waals surface area contributed by atoms with Crippen molar-refractivity contribution in [3.8, 4) is 0 Å². The van der Waals surface area contributed by atoms with Gasteiger partial charge in [0.2, 0.25) is 0 Å². The third-order valence-electron chi connectivity index (χ3n) is 8.99.